The quantitative estimate of drug-likeness (QED) is 0.822. The first-order valence-corrected chi connectivity index (χ1v) is 6.20. The van der Waals surface area contributed by atoms with Crippen LogP contribution in [0.5, 0.6) is 0 Å². The molecule has 0 spiro atoms. The van der Waals surface area contributed by atoms with Crippen LogP contribution in [0.3, 0.4) is 0 Å². The fourth-order valence-corrected chi connectivity index (χ4v) is 2.23. The molecule has 4 heteroatoms. The minimum absolute atomic E-state index is 0.674. The third-order valence-corrected chi connectivity index (χ3v) is 3.45. The zero-order valence-corrected chi connectivity index (χ0v) is 10.5. The summed E-state index contributed by atoms with van der Waals surface area (Å²) in [6.45, 7) is 5.41. The van der Waals surface area contributed by atoms with E-state index in [4.69, 9.17) is 12.2 Å². The van der Waals surface area contributed by atoms with Gasteiger partial charge < -0.3 is 9.55 Å². The Bertz CT molecular complexity index is 522. The van der Waals surface area contributed by atoms with Gasteiger partial charge in [-0.15, -0.1) is 0 Å². The highest BCUT2D eigenvalue weighted by molar-refractivity contribution is 7.71. The van der Waals surface area contributed by atoms with E-state index in [9.17, 15) is 0 Å². The van der Waals surface area contributed by atoms with Gasteiger partial charge in [0.1, 0.15) is 0 Å². The number of rotatable bonds is 4. The SMILES string of the molecule is CCC(CC)Cn1c(=S)[nH]c2cccnc21. The predicted molar refractivity (Wildman–Crippen MR) is 69.0 cm³/mol. The largest absolute Gasteiger partial charge is 0.329 e. The van der Waals surface area contributed by atoms with Crippen LogP contribution >= 0.6 is 12.2 Å². The highest BCUT2D eigenvalue weighted by Crippen LogP contribution is 2.16. The Kier molecular flexibility index (Phi) is 3.39. The van der Waals surface area contributed by atoms with Gasteiger partial charge in [0.2, 0.25) is 0 Å². The van der Waals surface area contributed by atoms with Gasteiger partial charge >= 0.3 is 0 Å². The molecule has 86 valence electrons. The summed E-state index contributed by atoms with van der Waals surface area (Å²) in [6.07, 6.45) is 4.17. The number of H-pyrrole nitrogens is 1. The first-order valence-electron chi connectivity index (χ1n) is 5.79. The Hall–Kier alpha value is -1.16. The van der Waals surface area contributed by atoms with Gasteiger partial charge in [0.05, 0.1) is 5.52 Å². The molecule has 16 heavy (non-hydrogen) atoms. The Morgan fingerprint density at radius 2 is 2.19 bits per heavy atom. The maximum absolute atomic E-state index is 5.33. The van der Waals surface area contributed by atoms with Gasteiger partial charge in [0.15, 0.2) is 10.4 Å². The van der Waals surface area contributed by atoms with Gasteiger partial charge in [0.25, 0.3) is 0 Å². The Morgan fingerprint density at radius 1 is 1.44 bits per heavy atom. The smallest absolute Gasteiger partial charge is 0.179 e. The molecule has 0 aromatic carbocycles. The van der Waals surface area contributed by atoms with Crippen molar-refractivity contribution in [2.75, 3.05) is 0 Å². The fourth-order valence-electron chi connectivity index (χ4n) is 1.96. The highest BCUT2D eigenvalue weighted by atomic mass is 32.1. The second-order valence-electron chi connectivity index (χ2n) is 4.10. The van der Waals surface area contributed by atoms with Crippen molar-refractivity contribution in [2.24, 2.45) is 5.92 Å². The molecule has 0 saturated heterocycles. The summed E-state index contributed by atoms with van der Waals surface area (Å²) in [6, 6.07) is 3.94. The number of fused-ring (bicyclic) bond motifs is 1. The minimum atomic E-state index is 0.674. The average Bonchev–Trinajstić information content (AvgIpc) is 2.62. The molecule has 0 atom stereocenters. The molecule has 0 radical (unpaired) electrons. The predicted octanol–water partition coefficient (Wildman–Crippen LogP) is 3.53. The second-order valence-corrected chi connectivity index (χ2v) is 4.48. The van der Waals surface area contributed by atoms with E-state index in [0.717, 1.165) is 22.5 Å². The molecule has 3 nitrogen and oxygen atoms in total. The van der Waals surface area contributed by atoms with Gasteiger partial charge in [0, 0.05) is 12.7 Å². The van der Waals surface area contributed by atoms with E-state index in [0.29, 0.717) is 5.92 Å². The van der Waals surface area contributed by atoms with Crippen molar-refractivity contribution in [3.63, 3.8) is 0 Å². The van der Waals surface area contributed by atoms with E-state index in [1.807, 2.05) is 18.3 Å². The van der Waals surface area contributed by atoms with Crippen molar-refractivity contribution in [2.45, 2.75) is 33.2 Å². The Labute approximate surface area is 101 Å². The first kappa shape index (κ1) is 11.3. The van der Waals surface area contributed by atoms with E-state index in [1.165, 1.54) is 12.8 Å². The number of hydrogen-bond donors (Lipinski definition) is 1. The minimum Gasteiger partial charge on any atom is -0.329 e. The summed E-state index contributed by atoms with van der Waals surface area (Å²) in [5.41, 5.74) is 2.00. The van der Waals surface area contributed by atoms with Crippen LogP contribution in [-0.2, 0) is 6.54 Å². The van der Waals surface area contributed by atoms with Crippen molar-refractivity contribution in [1.29, 1.82) is 0 Å². The number of aromatic nitrogens is 3. The van der Waals surface area contributed by atoms with Crippen molar-refractivity contribution in [3.8, 4) is 0 Å². The van der Waals surface area contributed by atoms with Crippen LogP contribution in [0.2, 0.25) is 0 Å². The van der Waals surface area contributed by atoms with Gasteiger partial charge in [-0.2, -0.15) is 0 Å². The lowest BCUT2D eigenvalue weighted by molar-refractivity contribution is 0.421. The lowest BCUT2D eigenvalue weighted by atomic mass is 10.0. The third kappa shape index (κ3) is 2.02. The molecule has 0 saturated carbocycles. The molecule has 1 N–H and O–H groups in total. The van der Waals surface area contributed by atoms with Crippen molar-refractivity contribution < 1.29 is 0 Å². The van der Waals surface area contributed by atoms with Crippen LogP contribution < -0.4 is 0 Å². The average molecular weight is 235 g/mol. The lowest BCUT2D eigenvalue weighted by Crippen LogP contribution is -2.09. The zero-order chi connectivity index (χ0) is 11.5. The van der Waals surface area contributed by atoms with Crippen LogP contribution in [0, 0.1) is 10.7 Å². The maximum Gasteiger partial charge on any atom is 0.179 e. The molecule has 0 aliphatic heterocycles. The number of aromatic amines is 1. The summed E-state index contributed by atoms with van der Waals surface area (Å²) in [5.74, 6) is 0.674. The Balaban J connectivity index is 2.43. The van der Waals surface area contributed by atoms with E-state index in [-0.39, 0.29) is 0 Å². The first-order chi connectivity index (χ1) is 7.76. The highest BCUT2D eigenvalue weighted by Gasteiger charge is 2.09. The topological polar surface area (TPSA) is 33.6 Å². The van der Waals surface area contributed by atoms with E-state index in [1.54, 1.807) is 0 Å². The molecule has 0 bridgehead atoms. The summed E-state index contributed by atoms with van der Waals surface area (Å²) >= 11 is 5.33. The molecule has 2 heterocycles. The van der Waals surface area contributed by atoms with Gasteiger partial charge in [-0.25, -0.2) is 4.98 Å². The van der Waals surface area contributed by atoms with E-state index in [2.05, 4.69) is 28.4 Å². The third-order valence-electron chi connectivity index (χ3n) is 3.12. The summed E-state index contributed by atoms with van der Waals surface area (Å²) in [4.78, 5) is 7.58. The molecular formula is C12H17N3S. The molecule has 0 unspecified atom stereocenters. The normalized spacial score (nSPS) is 11.4. The van der Waals surface area contributed by atoms with Gasteiger partial charge in [-0.3, -0.25) is 0 Å². The zero-order valence-electron chi connectivity index (χ0n) is 9.73. The number of pyridine rings is 1. The molecule has 2 aromatic heterocycles. The number of nitrogens with zero attached hydrogens (tertiary/aromatic N) is 2. The maximum atomic E-state index is 5.33. The molecule has 0 aliphatic carbocycles. The number of hydrogen-bond acceptors (Lipinski definition) is 2. The van der Waals surface area contributed by atoms with Gasteiger partial charge in [-0.05, 0) is 30.3 Å². The van der Waals surface area contributed by atoms with E-state index >= 15 is 0 Å². The molecule has 2 aromatic rings. The Morgan fingerprint density at radius 3 is 2.88 bits per heavy atom. The molecule has 2 rings (SSSR count). The summed E-state index contributed by atoms with van der Waals surface area (Å²) in [5, 5.41) is 0. The molecule has 0 fully saturated rings. The van der Waals surface area contributed by atoms with Crippen LogP contribution in [0.15, 0.2) is 18.3 Å². The van der Waals surface area contributed by atoms with Crippen molar-refractivity contribution >= 4 is 23.4 Å². The summed E-state index contributed by atoms with van der Waals surface area (Å²) in [7, 11) is 0. The lowest BCUT2D eigenvalue weighted by Gasteiger charge is -2.13. The van der Waals surface area contributed by atoms with Crippen molar-refractivity contribution in [1.82, 2.24) is 14.5 Å². The summed E-state index contributed by atoms with van der Waals surface area (Å²) < 4.78 is 2.89. The fraction of sp³-hybridized carbons (Fsp3) is 0.500. The van der Waals surface area contributed by atoms with Gasteiger partial charge in [-0.1, -0.05) is 26.7 Å². The van der Waals surface area contributed by atoms with E-state index < -0.39 is 0 Å². The van der Waals surface area contributed by atoms with Crippen LogP contribution in [0.4, 0.5) is 0 Å². The number of imidazole rings is 1. The van der Waals surface area contributed by atoms with Crippen LogP contribution in [0.25, 0.3) is 11.2 Å². The van der Waals surface area contributed by atoms with Crippen LogP contribution in [0.1, 0.15) is 26.7 Å². The standard InChI is InChI=1S/C12H17N3S/c1-3-9(4-2)8-15-11-10(14-12(15)16)6-5-7-13-11/h5-7,9H,3-4,8H2,1-2H3,(H,14,16). The van der Waals surface area contributed by atoms with Crippen LogP contribution in [-0.4, -0.2) is 14.5 Å². The molecular weight excluding hydrogens is 218 g/mol. The molecule has 0 aliphatic rings. The molecule has 0 amide bonds. The van der Waals surface area contributed by atoms with Crippen molar-refractivity contribution in [3.05, 3.63) is 23.1 Å². The monoisotopic (exact) mass is 235 g/mol. The second kappa shape index (κ2) is 4.78. The number of nitrogens with one attached hydrogen (secondary N) is 1.